The Balaban J connectivity index is 1.77. The number of rotatable bonds is 4. The van der Waals surface area contributed by atoms with E-state index in [9.17, 15) is 13.2 Å². The van der Waals surface area contributed by atoms with Gasteiger partial charge in [-0.2, -0.15) is 4.31 Å². The van der Waals surface area contributed by atoms with Crippen molar-refractivity contribution < 1.29 is 13.2 Å². The quantitative estimate of drug-likeness (QED) is 0.896. The molecule has 0 unspecified atom stereocenters. The second kappa shape index (κ2) is 6.60. The van der Waals surface area contributed by atoms with Crippen LogP contribution in [0.4, 0.5) is 5.69 Å². The van der Waals surface area contributed by atoms with Crippen molar-refractivity contribution in [2.24, 2.45) is 0 Å². The number of halogens is 1. The van der Waals surface area contributed by atoms with Crippen LogP contribution in [0.25, 0.3) is 0 Å². The standard InChI is InChI=1S/C15H15ClN2O3S2/c16-11-4-3-5-12(8-11)17-15(19)14-9-13(10-22-14)23(20,21)18-6-1-2-7-18/h3-5,8-10H,1-2,6-7H2,(H,17,19). The van der Waals surface area contributed by atoms with Crippen LogP contribution in [0.5, 0.6) is 0 Å². The van der Waals surface area contributed by atoms with Gasteiger partial charge in [0.25, 0.3) is 5.91 Å². The highest BCUT2D eigenvalue weighted by atomic mass is 35.5. The van der Waals surface area contributed by atoms with Crippen LogP contribution in [0.2, 0.25) is 5.02 Å². The molecule has 1 aromatic heterocycles. The first kappa shape index (κ1) is 16.4. The summed E-state index contributed by atoms with van der Waals surface area (Å²) in [5.41, 5.74) is 0.569. The average molecular weight is 371 g/mol. The summed E-state index contributed by atoms with van der Waals surface area (Å²) in [4.78, 5) is 12.8. The topological polar surface area (TPSA) is 66.5 Å². The SMILES string of the molecule is O=C(Nc1cccc(Cl)c1)c1cc(S(=O)(=O)N2CCCC2)cs1. The first-order chi connectivity index (χ1) is 11.0. The molecule has 0 radical (unpaired) electrons. The minimum Gasteiger partial charge on any atom is -0.321 e. The molecule has 0 saturated carbocycles. The average Bonchev–Trinajstić information content (AvgIpc) is 3.19. The molecule has 1 aliphatic heterocycles. The number of thiophene rings is 1. The number of hydrogen-bond acceptors (Lipinski definition) is 4. The molecule has 122 valence electrons. The maximum Gasteiger partial charge on any atom is 0.265 e. The van der Waals surface area contributed by atoms with Gasteiger partial charge in [0.15, 0.2) is 0 Å². The van der Waals surface area contributed by atoms with E-state index in [1.54, 1.807) is 24.3 Å². The number of amides is 1. The second-order valence-corrected chi connectivity index (χ2v) is 8.51. The summed E-state index contributed by atoms with van der Waals surface area (Å²) in [7, 11) is -3.49. The monoisotopic (exact) mass is 370 g/mol. The molecule has 0 atom stereocenters. The van der Waals surface area contributed by atoms with Crippen LogP contribution in [-0.2, 0) is 10.0 Å². The summed E-state index contributed by atoms with van der Waals surface area (Å²) in [6.45, 7) is 1.09. The van der Waals surface area contributed by atoms with Crippen molar-refractivity contribution in [3.05, 3.63) is 45.6 Å². The normalized spacial score (nSPS) is 15.7. The Morgan fingerprint density at radius 3 is 2.65 bits per heavy atom. The number of sulfonamides is 1. The van der Waals surface area contributed by atoms with E-state index in [4.69, 9.17) is 11.6 Å². The minimum atomic E-state index is -3.49. The zero-order chi connectivity index (χ0) is 16.4. The van der Waals surface area contributed by atoms with Gasteiger partial charge in [-0.3, -0.25) is 4.79 Å². The lowest BCUT2D eigenvalue weighted by molar-refractivity contribution is 0.103. The van der Waals surface area contributed by atoms with Crippen LogP contribution in [0.1, 0.15) is 22.5 Å². The van der Waals surface area contributed by atoms with Crippen molar-refractivity contribution in [3.63, 3.8) is 0 Å². The first-order valence-electron chi connectivity index (χ1n) is 7.12. The lowest BCUT2D eigenvalue weighted by Gasteiger charge is -2.13. The summed E-state index contributed by atoms with van der Waals surface area (Å²) < 4.78 is 26.4. The molecule has 3 rings (SSSR count). The van der Waals surface area contributed by atoms with Crippen LogP contribution in [0.3, 0.4) is 0 Å². The summed E-state index contributed by atoms with van der Waals surface area (Å²) in [5.74, 6) is -0.347. The molecular weight excluding hydrogens is 356 g/mol. The van der Waals surface area contributed by atoms with Gasteiger partial charge in [0.2, 0.25) is 10.0 Å². The Labute approximate surface area is 143 Å². The maximum absolute atomic E-state index is 12.5. The fraction of sp³-hybridized carbons (Fsp3) is 0.267. The molecule has 0 aliphatic carbocycles. The number of nitrogens with one attached hydrogen (secondary N) is 1. The first-order valence-corrected chi connectivity index (χ1v) is 9.82. The molecule has 2 aromatic rings. The van der Waals surface area contributed by atoms with Gasteiger partial charge in [0.05, 0.1) is 9.77 Å². The Morgan fingerprint density at radius 1 is 1.22 bits per heavy atom. The van der Waals surface area contributed by atoms with Crippen LogP contribution < -0.4 is 5.32 Å². The Morgan fingerprint density at radius 2 is 1.96 bits per heavy atom. The number of anilines is 1. The molecule has 0 bridgehead atoms. The summed E-state index contributed by atoms with van der Waals surface area (Å²) >= 11 is 6.99. The molecule has 1 amide bonds. The van der Waals surface area contributed by atoms with E-state index < -0.39 is 10.0 Å². The maximum atomic E-state index is 12.5. The minimum absolute atomic E-state index is 0.181. The largest absolute Gasteiger partial charge is 0.321 e. The van der Waals surface area contributed by atoms with Crippen LogP contribution in [-0.4, -0.2) is 31.7 Å². The fourth-order valence-electron chi connectivity index (χ4n) is 2.41. The van der Waals surface area contributed by atoms with Gasteiger partial charge in [-0.15, -0.1) is 11.3 Å². The molecule has 1 aliphatic rings. The van der Waals surface area contributed by atoms with Gasteiger partial charge in [-0.05, 0) is 37.1 Å². The molecular formula is C15H15ClN2O3S2. The van der Waals surface area contributed by atoms with E-state index in [1.807, 2.05) is 0 Å². The fourth-order valence-corrected chi connectivity index (χ4v) is 5.27. The third kappa shape index (κ3) is 3.58. The van der Waals surface area contributed by atoms with Gasteiger partial charge < -0.3 is 5.32 Å². The van der Waals surface area contributed by atoms with Gasteiger partial charge in [-0.1, -0.05) is 17.7 Å². The third-order valence-corrected chi connectivity index (χ3v) is 6.77. The van der Waals surface area contributed by atoms with Crippen molar-refractivity contribution in [3.8, 4) is 0 Å². The Hall–Kier alpha value is -1.41. The Kier molecular flexibility index (Phi) is 4.72. The van der Waals surface area contributed by atoms with Gasteiger partial charge in [0.1, 0.15) is 0 Å². The highest BCUT2D eigenvalue weighted by molar-refractivity contribution is 7.89. The third-order valence-electron chi connectivity index (χ3n) is 3.58. The number of nitrogens with zero attached hydrogens (tertiary/aromatic N) is 1. The smallest absolute Gasteiger partial charge is 0.265 e. The van der Waals surface area contributed by atoms with Crippen LogP contribution in [0, 0.1) is 0 Å². The Bertz CT molecular complexity index is 827. The number of carbonyl (C=O) groups excluding carboxylic acids is 1. The van der Waals surface area contributed by atoms with Crippen LogP contribution >= 0.6 is 22.9 Å². The number of hydrogen-bond donors (Lipinski definition) is 1. The summed E-state index contributed by atoms with van der Waals surface area (Å²) in [6.07, 6.45) is 1.76. The van der Waals surface area contributed by atoms with E-state index in [0.29, 0.717) is 28.7 Å². The molecule has 1 N–H and O–H groups in total. The van der Waals surface area contributed by atoms with E-state index in [2.05, 4.69) is 5.32 Å². The molecule has 2 heterocycles. The number of benzene rings is 1. The summed E-state index contributed by atoms with van der Waals surface area (Å²) in [6, 6.07) is 8.23. The van der Waals surface area contributed by atoms with Gasteiger partial charge >= 0.3 is 0 Å². The van der Waals surface area contributed by atoms with Gasteiger partial charge in [0, 0.05) is 29.2 Å². The molecule has 8 heteroatoms. The number of carbonyl (C=O) groups is 1. The lowest BCUT2D eigenvalue weighted by Crippen LogP contribution is -2.27. The molecule has 0 spiro atoms. The van der Waals surface area contributed by atoms with E-state index in [-0.39, 0.29) is 10.8 Å². The van der Waals surface area contributed by atoms with E-state index >= 15 is 0 Å². The second-order valence-electron chi connectivity index (χ2n) is 5.22. The van der Waals surface area contributed by atoms with E-state index in [1.165, 1.54) is 15.8 Å². The van der Waals surface area contributed by atoms with Crippen molar-refractivity contribution in [2.45, 2.75) is 17.7 Å². The lowest BCUT2D eigenvalue weighted by atomic mass is 10.3. The zero-order valence-corrected chi connectivity index (χ0v) is 14.5. The molecule has 23 heavy (non-hydrogen) atoms. The molecule has 1 saturated heterocycles. The van der Waals surface area contributed by atoms with Crippen molar-refractivity contribution in [1.29, 1.82) is 0 Å². The highest BCUT2D eigenvalue weighted by Crippen LogP contribution is 2.26. The van der Waals surface area contributed by atoms with E-state index in [0.717, 1.165) is 24.2 Å². The molecule has 1 fully saturated rings. The predicted octanol–water partition coefficient (Wildman–Crippen LogP) is 3.44. The molecule has 1 aromatic carbocycles. The zero-order valence-electron chi connectivity index (χ0n) is 12.2. The summed E-state index contributed by atoms with van der Waals surface area (Å²) in [5, 5.41) is 4.75. The van der Waals surface area contributed by atoms with Crippen molar-refractivity contribution in [2.75, 3.05) is 18.4 Å². The van der Waals surface area contributed by atoms with Crippen molar-refractivity contribution >= 4 is 44.6 Å². The van der Waals surface area contributed by atoms with Gasteiger partial charge in [-0.25, -0.2) is 8.42 Å². The van der Waals surface area contributed by atoms with Crippen LogP contribution in [0.15, 0.2) is 40.6 Å². The highest BCUT2D eigenvalue weighted by Gasteiger charge is 2.28. The predicted molar refractivity (Wildman–Crippen MR) is 91.7 cm³/mol. The van der Waals surface area contributed by atoms with Crippen molar-refractivity contribution in [1.82, 2.24) is 4.31 Å². The molecule has 5 nitrogen and oxygen atoms in total.